The third kappa shape index (κ3) is 8.74. The van der Waals surface area contributed by atoms with Crippen molar-refractivity contribution in [2.24, 2.45) is 5.92 Å². The summed E-state index contributed by atoms with van der Waals surface area (Å²) < 4.78 is 36.4. The Bertz CT molecular complexity index is 1040. The predicted molar refractivity (Wildman–Crippen MR) is 132 cm³/mol. The van der Waals surface area contributed by atoms with E-state index in [0.29, 0.717) is 23.0 Å². The lowest BCUT2D eigenvalue weighted by molar-refractivity contribution is -0.155. The van der Waals surface area contributed by atoms with E-state index in [4.69, 9.17) is 9.26 Å². The molecule has 1 aliphatic carbocycles. The van der Waals surface area contributed by atoms with Gasteiger partial charge in [-0.2, -0.15) is 4.98 Å². The molecule has 2 aromatic rings. The number of benzene rings is 1. The fourth-order valence-electron chi connectivity index (χ4n) is 4.45. The highest BCUT2D eigenvalue weighted by molar-refractivity contribution is 7.92. The summed E-state index contributed by atoms with van der Waals surface area (Å²) in [5.41, 5.74) is 0.610. The van der Waals surface area contributed by atoms with Crippen LogP contribution in [0, 0.1) is 5.92 Å². The Kier molecular flexibility index (Phi) is 8.73. The number of hydrogen-bond donors (Lipinski definition) is 1. The number of anilines is 1. The topological polar surface area (TPSA) is 111 Å². The van der Waals surface area contributed by atoms with E-state index in [9.17, 15) is 13.2 Å². The second-order valence-corrected chi connectivity index (χ2v) is 12.1. The van der Waals surface area contributed by atoms with E-state index in [1.54, 1.807) is 24.3 Å². The molecule has 3 rings (SSSR count). The summed E-state index contributed by atoms with van der Waals surface area (Å²) in [5.74, 6) is 1.13. The van der Waals surface area contributed by atoms with Crippen molar-refractivity contribution in [3.63, 3.8) is 0 Å². The molecule has 8 nitrogen and oxygen atoms in total. The van der Waals surface area contributed by atoms with Crippen LogP contribution in [0.2, 0.25) is 0 Å². The standard InChI is InChI=1S/C25H37N3O5S/c1-25(2,3)32-22(29)17-20(12-8-11-18-9-6-5-7-10-18)24-26-23(27-33-24)19-13-15-21(16-14-19)28-34(4,30)31/h13-16,18,20,28H,5-12,17H2,1-4H3/t20-/m1/s1. The lowest BCUT2D eigenvalue weighted by atomic mass is 9.84. The Morgan fingerprint density at radius 2 is 1.85 bits per heavy atom. The van der Waals surface area contributed by atoms with Crippen LogP contribution in [0.25, 0.3) is 11.4 Å². The summed E-state index contributed by atoms with van der Waals surface area (Å²) in [7, 11) is -3.35. The molecule has 1 aliphatic rings. The van der Waals surface area contributed by atoms with Crippen LogP contribution >= 0.6 is 0 Å². The van der Waals surface area contributed by atoms with Gasteiger partial charge in [0.25, 0.3) is 0 Å². The highest BCUT2D eigenvalue weighted by Crippen LogP contribution is 2.32. The van der Waals surface area contributed by atoms with Gasteiger partial charge in [-0.1, -0.05) is 50.1 Å². The lowest BCUT2D eigenvalue weighted by Gasteiger charge is -2.23. The summed E-state index contributed by atoms with van der Waals surface area (Å²) in [5, 5.41) is 4.11. The highest BCUT2D eigenvalue weighted by Gasteiger charge is 2.26. The maximum atomic E-state index is 12.6. The van der Waals surface area contributed by atoms with E-state index in [-0.39, 0.29) is 18.3 Å². The normalized spacial score (nSPS) is 16.2. The summed E-state index contributed by atoms with van der Waals surface area (Å²) in [6, 6.07) is 6.76. The maximum Gasteiger partial charge on any atom is 0.307 e. The number of carbonyl (C=O) groups excluding carboxylic acids is 1. The van der Waals surface area contributed by atoms with Crippen molar-refractivity contribution in [3.05, 3.63) is 30.2 Å². The van der Waals surface area contributed by atoms with Crippen LogP contribution in [-0.2, 0) is 19.6 Å². The van der Waals surface area contributed by atoms with Crippen LogP contribution in [0.4, 0.5) is 5.69 Å². The molecule has 1 N–H and O–H groups in total. The van der Waals surface area contributed by atoms with Gasteiger partial charge in [0.2, 0.25) is 21.7 Å². The zero-order chi connectivity index (χ0) is 24.8. The van der Waals surface area contributed by atoms with E-state index in [2.05, 4.69) is 14.9 Å². The van der Waals surface area contributed by atoms with E-state index >= 15 is 0 Å². The van der Waals surface area contributed by atoms with Crippen LogP contribution in [0.5, 0.6) is 0 Å². The summed E-state index contributed by atoms with van der Waals surface area (Å²) in [4.78, 5) is 17.1. The molecule has 1 aromatic heterocycles. The lowest BCUT2D eigenvalue weighted by Crippen LogP contribution is -2.25. The molecule has 1 atom stereocenters. The Labute approximate surface area is 202 Å². The molecule has 0 amide bonds. The second kappa shape index (κ2) is 11.3. The van der Waals surface area contributed by atoms with E-state index in [1.807, 2.05) is 20.8 Å². The van der Waals surface area contributed by atoms with Gasteiger partial charge in [-0.05, 0) is 57.4 Å². The van der Waals surface area contributed by atoms with Gasteiger partial charge in [-0.3, -0.25) is 9.52 Å². The SMILES string of the molecule is CC(C)(C)OC(=O)C[C@@H](CCCC1CCCCC1)c1nc(-c2ccc(NS(C)(=O)=O)cc2)no1. The number of hydrogen-bond acceptors (Lipinski definition) is 7. The van der Waals surface area contributed by atoms with Crippen LogP contribution in [-0.4, -0.2) is 36.4 Å². The number of esters is 1. The molecule has 1 saturated carbocycles. The zero-order valence-electron chi connectivity index (χ0n) is 20.7. The first kappa shape index (κ1) is 26.2. The molecule has 1 heterocycles. The van der Waals surface area contributed by atoms with Crippen molar-refractivity contribution in [3.8, 4) is 11.4 Å². The first-order chi connectivity index (χ1) is 16.0. The Morgan fingerprint density at radius 1 is 1.18 bits per heavy atom. The quantitative estimate of drug-likeness (QED) is 0.426. The number of ether oxygens (including phenoxy) is 1. The number of nitrogens with zero attached hydrogens (tertiary/aromatic N) is 2. The molecule has 1 fully saturated rings. The van der Waals surface area contributed by atoms with Gasteiger partial charge in [0.05, 0.1) is 12.7 Å². The van der Waals surface area contributed by atoms with Crippen LogP contribution in [0.15, 0.2) is 28.8 Å². The van der Waals surface area contributed by atoms with Gasteiger partial charge in [0.1, 0.15) is 5.60 Å². The van der Waals surface area contributed by atoms with Crippen molar-refractivity contribution >= 4 is 21.7 Å². The fourth-order valence-corrected chi connectivity index (χ4v) is 5.01. The van der Waals surface area contributed by atoms with Gasteiger partial charge < -0.3 is 9.26 Å². The molecular weight excluding hydrogens is 454 g/mol. The molecule has 34 heavy (non-hydrogen) atoms. The molecule has 0 bridgehead atoms. The van der Waals surface area contributed by atoms with E-state index in [1.165, 1.54) is 32.1 Å². The van der Waals surface area contributed by atoms with E-state index in [0.717, 1.165) is 31.4 Å². The smallest absolute Gasteiger partial charge is 0.307 e. The number of sulfonamides is 1. The monoisotopic (exact) mass is 491 g/mol. The van der Waals surface area contributed by atoms with Crippen molar-refractivity contribution in [1.29, 1.82) is 0 Å². The highest BCUT2D eigenvalue weighted by atomic mass is 32.2. The van der Waals surface area contributed by atoms with Crippen molar-refractivity contribution in [2.45, 2.75) is 90.1 Å². The Morgan fingerprint density at radius 3 is 2.47 bits per heavy atom. The average molecular weight is 492 g/mol. The Hall–Kier alpha value is -2.42. The number of aromatic nitrogens is 2. The third-order valence-electron chi connectivity index (χ3n) is 5.96. The van der Waals surface area contributed by atoms with Crippen LogP contribution in [0.1, 0.15) is 90.4 Å². The van der Waals surface area contributed by atoms with Crippen molar-refractivity contribution in [1.82, 2.24) is 10.1 Å². The molecule has 0 aliphatic heterocycles. The van der Waals surface area contributed by atoms with Gasteiger partial charge in [-0.25, -0.2) is 8.42 Å². The first-order valence-electron chi connectivity index (χ1n) is 12.1. The molecule has 9 heteroatoms. The maximum absolute atomic E-state index is 12.6. The third-order valence-corrected chi connectivity index (χ3v) is 6.57. The largest absolute Gasteiger partial charge is 0.460 e. The molecule has 0 radical (unpaired) electrons. The van der Waals surface area contributed by atoms with Gasteiger partial charge in [-0.15, -0.1) is 0 Å². The summed E-state index contributed by atoms with van der Waals surface area (Å²) >= 11 is 0. The zero-order valence-corrected chi connectivity index (χ0v) is 21.5. The molecule has 0 saturated heterocycles. The van der Waals surface area contributed by atoms with Crippen LogP contribution < -0.4 is 4.72 Å². The number of rotatable bonds is 10. The van der Waals surface area contributed by atoms with Crippen molar-refractivity contribution < 1.29 is 22.5 Å². The Balaban J connectivity index is 1.69. The molecule has 1 aromatic carbocycles. The predicted octanol–water partition coefficient (Wildman–Crippen LogP) is 5.67. The first-order valence-corrected chi connectivity index (χ1v) is 14.0. The second-order valence-electron chi connectivity index (χ2n) is 10.3. The number of carbonyl (C=O) groups is 1. The summed E-state index contributed by atoms with van der Waals surface area (Å²) in [6.07, 6.45) is 10.8. The average Bonchev–Trinajstić information content (AvgIpc) is 3.22. The molecule has 0 spiro atoms. The van der Waals surface area contributed by atoms with Gasteiger partial charge in [0, 0.05) is 17.2 Å². The van der Waals surface area contributed by atoms with E-state index < -0.39 is 15.6 Å². The minimum Gasteiger partial charge on any atom is -0.460 e. The molecule has 0 unspecified atom stereocenters. The molecule has 188 valence electrons. The van der Waals surface area contributed by atoms with Gasteiger partial charge in [0.15, 0.2) is 0 Å². The summed E-state index contributed by atoms with van der Waals surface area (Å²) in [6.45, 7) is 5.57. The fraction of sp³-hybridized carbons (Fsp3) is 0.640. The van der Waals surface area contributed by atoms with Crippen molar-refractivity contribution in [2.75, 3.05) is 11.0 Å². The van der Waals surface area contributed by atoms with Gasteiger partial charge >= 0.3 is 5.97 Å². The number of nitrogens with one attached hydrogen (secondary N) is 1. The minimum atomic E-state index is -3.35. The minimum absolute atomic E-state index is 0.195. The van der Waals surface area contributed by atoms with Crippen LogP contribution in [0.3, 0.4) is 0 Å². The molecular formula is C25H37N3O5S.